The summed E-state index contributed by atoms with van der Waals surface area (Å²) in [7, 11) is 1.92. The third-order valence-electron chi connectivity index (χ3n) is 2.51. The molecule has 0 aliphatic carbocycles. The second kappa shape index (κ2) is 5.83. The van der Waals surface area contributed by atoms with Gasteiger partial charge in [0.15, 0.2) is 0 Å². The summed E-state index contributed by atoms with van der Waals surface area (Å²) in [5.41, 5.74) is 1.04. The third-order valence-corrected chi connectivity index (χ3v) is 4.25. The Morgan fingerprint density at radius 2 is 2.17 bits per heavy atom. The van der Waals surface area contributed by atoms with Gasteiger partial charge in [0.25, 0.3) is 5.56 Å². The molecule has 0 atom stereocenters. The molecular weight excluding hydrogens is 409 g/mol. The highest BCUT2D eigenvalue weighted by Crippen LogP contribution is 2.21. The maximum Gasteiger partial charge on any atom is 0.266 e. The summed E-state index contributed by atoms with van der Waals surface area (Å²) in [5, 5.41) is 0. The Morgan fingerprint density at radius 1 is 1.44 bits per heavy atom. The number of nitrogens with zero attached hydrogens (tertiary/aromatic N) is 2. The zero-order valence-corrected chi connectivity index (χ0v) is 13.4. The summed E-state index contributed by atoms with van der Waals surface area (Å²) in [5.74, 6) is 0.690. The van der Waals surface area contributed by atoms with Crippen LogP contribution in [0.25, 0.3) is 0 Å². The number of aromatic amines is 1. The van der Waals surface area contributed by atoms with E-state index in [4.69, 9.17) is 0 Å². The van der Waals surface area contributed by atoms with Gasteiger partial charge in [-0.1, -0.05) is 34.1 Å². The smallest absolute Gasteiger partial charge is 0.266 e. The third kappa shape index (κ3) is 2.92. The number of H-pyrrole nitrogens is 1. The zero-order valence-electron chi connectivity index (χ0n) is 9.65. The quantitative estimate of drug-likeness (QED) is 0.778. The van der Waals surface area contributed by atoms with Crippen molar-refractivity contribution in [2.45, 2.75) is 6.54 Å². The molecule has 0 aliphatic heterocycles. The molecule has 1 aromatic carbocycles. The minimum absolute atomic E-state index is 0.112. The van der Waals surface area contributed by atoms with Crippen molar-refractivity contribution in [3.05, 3.63) is 54.6 Å². The van der Waals surface area contributed by atoms with E-state index >= 15 is 0 Å². The fourth-order valence-corrected chi connectivity index (χ4v) is 2.71. The molecule has 0 aliphatic rings. The van der Waals surface area contributed by atoms with E-state index < -0.39 is 0 Å². The number of nitrogens with one attached hydrogen (secondary N) is 1. The summed E-state index contributed by atoms with van der Waals surface area (Å²) >= 11 is 5.53. The molecule has 0 fully saturated rings. The molecule has 6 heteroatoms. The lowest BCUT2D eigenvalue weighted by Gasteiger charge is -2.19. The van der Waals surface area contributed by atoms with E-state index in [2.05, 4.69) is 25.9 Å². The second-order valence-corrected chi connectivity index (χ2v) is 5.75. The van der Waals surface area contributed by atoms with Crippen LogP contribution < -0.4 is 10.5 Å². The van der Waals surface area contributed by atoms with Crippen molar-refractivity contribution in [2.24, 2.45) is 0 Å². The number of halogens is 2. The van der Waals surface area contributed by atoms with Crippen LogP contribution in [-0.2, 0) is 6.54 Å². The fraction of sp³-hybridized carbons (Fsp3) is 0.167. The standard InChI is InChI=1S/C12H11BrIN3O/c1-17(6-8-4-2-3-5-9(8)13)11-10(14)12(18)16-7-15-11/h2-5,7H,6H2,1H3,(H,15,16,18). The monoisotopic (exact) mass is 419 g/mol. The average Bonchev–Trinajstić information content (AvgIpc) is 2.35. The van der Waals surface area contributed by atoms with Gasteiger partial charge in [-0.2, -0.15) is 0 Å². The number of hydrogen-bond donors (Lipinski definition) is 1. The number of aromatic nitrogens is 2. The molecule has 4 nitrogen and oxygen atoms in total. The largest absolute Gasteiger partial charge is 0.354 e. The van der Waals surface area contributed by atoms with Crippen molar-refractivity contribution in [2.75, 3.05) is 11.9 Å². The predicted molar refractivity (Wildman–Crippen MR) is 83.8 cm³/mol. The van der Waals surface area contributed by atoms with E-state index in [1.165, 1.54) is 6.33 Å². The highest BCUT2D eigenvalue weighted by molar-refractivity contribution is 14.1. The Hall–Kier alpha value is -0.890. The Bertz CT molecular complexity index is 614. The van der Waals surface area contributed by atoms with Crippen LogP contribution in [0.3, 0.4) is 0 Å². The van der Waals surface area contributed by atoms with E-state index in [1.54, 1.807) is 0 Å². The maximum absolute atomic E-state index is 11.5. The van der Waals surface area contributed by atoms with Gasteiger partial charge in [-0.15, -0.1) is 0 Å². The van der Waals surface area contributed by atoms with E-state index in [0.717, 1.165) is 10.0 Å². The van der Waals surface area contributed by atoms with Crippen molar-refractivity contribution < 1.29 is 0 Å². The molecule has 1 N–H and O–H groups in total. The molecule has 18 heavy (non-hydrogen) atoms. The predicted octanol–water partition coefficient (Wildman–Crippen LogP) is 2.77. The molecule has 1 heterocycles. The highest BCUT2D eigenvalue weighted by atomic mass is 127. The summed E-state index contributed by atoms with van der Waals surface area (Å²) < 4.78 is 1.65. The lowest BCUT2D eigenvalue weighted by molar-refractivity contribution is 0.877. The maximum atomic E-state index is 11.5. The SMILES string of the molecule is CN(Cc1ccccc1Br)c1nc[nH]c(=O)c1I. The van der Waals surface area contributed by atoms with Gasteiger partial charge in [-0.3, -0.25) is 4.79 Å². The van der Waals surface area contributed by atoms with Gasteiger partial charge in [-0.25, -0.2) is 4.98 Å². The van der Waals surface area contributed by atoms with Crippen LogP contribution >= 0.6 is 38.5 Å². The van der Waals surface area contributed by atoms with Gasteiger partial charge in [0.05, 0.1) is 6.33 Å². The van der Waals surface area contributed by atoms with Gasteiger partial charge in [0.2, 0.25) is 0 Å². The van der Waals surface area contributed by atoms with E-state index in [-0.39, 0.29) is 5.56 Å². The summed E-state index contributed by atoms with van der Waals surface area (Å²) in [6.07, 6.45) is 1.43. The Kier molecular flexibility index (Phi) is 4.39. The highest BCUT2D eigenvalue weighted by Gasteiger charge is 2.11. The van der Waals surface area contributed by atoms with Crippen LogP contribution in [0.1, 0.15) is 5.56 Å². The Balaban J connectivity index is 2.28. The first kappa shape index (κ1) is 13.5. The lowest BCUT2D eigenvalue weighted by atomic mass is 10.2. The summed E-state index contributed by atoms with van der Waals surface area (Å²) in [6, 6.07) is 8.01. The van der Waals surface area contributed by atoms with Crippen LogP contribution in [0.5, 0.6) is 0 Å². The van der Waals surface area contributed by atoms with Crippen molar-refractivity contribution in [3.63, 3.8) is 0 Å². The normalized spacial score (nSPS) is 10.4. The van der Waals surface area contributed by atoms with Gasteiger partial charge >= 0.3 is 0 Å². The van der Waals surface area contributed by atoms with E-state index in [9.17, 15) is 4.79 Å². The molecule has 2 aromatic rings. The molecule has 0 bridgehead atoms. The minimum atomic E-state index is -0.112. The lowest BCUT2D eigenvalue weighted by Crippen LogP contribution is -2.23. The fourth-order valence-electron chi connectivity index (χ4n) is 1.60. The molecule has 0 unspecified atom stereocenters. The van der Waals surface area contributed by atoms with E-state index in [0.29, 0.717) is 15.9 Å². The number of benzene rings is 1. The first-order chi connectivity index (χ1) is 8.59. The van der Waals surface area contributed by atoms with Crippen LogP contribution in [-0.4, -0.2) is 17.0 Å². The van der Waals surface area contributed by atoms with Crippen LogP contribution in [0, 0.1) is 3.57 Å². The number of hydrogen-bond acceptors (Lipinski definition) is 3. The van der Waals surface area contributed by atoms with Crippen LogP contribution in [0.2, 0.25) is 0 Å². The van der Waals surface area contributed by atoms with E-state index in [1.807, 2.05) is 58.8 Å². The zero-order chi connectivity index (χ0) is 13.1. The summed E-state index contributed by atoms with van der Waals surface area (Å²) in [4.78, 5) is 20.3. The first-order valence-electron chi connectivity index (χ1n) is 5.27. The van der Waals surface area contributed by atoms with Gasteiger partial charge in [-0.05, 0) is 34.2 Å². The second-order valence-electron chi connectivity index (χ2n) is 3.82. The van der Waals surface area contributed by atoms with Gasteiger partial charge < -0.3 is 9.88 Å². The summed E-state index contributed by atoms with van der Waals surface area (Å²) in [6.45, 7) is 0.688. The molecule has 94 valence electrons. The molecule has 2 rings (SSSR count). The molecule has 0 saturated heterocycles. The number of rotatable bonds is 3. The molecule has 0 spiro atoms. The molecule has 0 saturated carbocycles. The molecular formula is C12H11BrIN3O. The Morgan fingerprint density at radius 3 is 2.89 bits per heavy atom. The first-order valence-corrected chi connectivity index (χ1v) is 7.14. The number of anilines is 1. The van der Waals surface area contributed by atoms with Gasteiger partial charge in [0.1, 0.15) is 9.39 Å². The van der Waals surface area contributed by atoms with Crippen molar-refractivity contribution >= 4 is 44.3 Å². The van der Waals surface area contributed by atoms with Crippen molar-refractivity contribution in [1.29, 1.82) is 0 Å². The van der Waals surface area contributed by atoms with Crippen molar-refractivity contribution in [3.8, 4) is 0 Å². The molecule has 0 radical (unpaired) electrons. The van der Waals surface area contributed by atoms with Gasteiger partial charge in [0, 0.05) is 18.1 Å². The van der Waals surface area contributed by atoms with Crippen molar-refractivity contribution in [1.82, 2.24) is 9.97 Å². The van der Waals surface area contributed by atoms with Crippen LogP contribution in [0.4, 0.5) is 5.82 Å². The molecule has 1 aromatic heterocycles. The Labute approximate surface area is 127 Å². The topological polar surface area (TPSA) is 49.0 Å². The average molecular weight is 420 g/mol. The minimum Gasteiger partial charge on any atom is -0.354 e. The molecule has 0 amide bonds. The van der Waals surface area contributed by atoms with Crippen LogP contribution in [0.15, 0.2) is 39.9 Å².